The summed E-state index contributed by atoms with van der Waals surface area (Å²) in [5.74, 6) is 1.19. The Hall–Kier alpha value is -1.01. The molecule has 0 amide bonds. The van der Waals surface area contributed by atoms with Crippen molar-refractivity contribution in [1.29, 1.82) is 0 Å². The third-order valence-electron chi connectivity index (χ3n) is 4.32. The van der Waals surface area contributed by atoms with Gasteiger partial charge in [0.05, 0.1) is 11.1 Å². The zero-order valence-corrected chi connectivity index (χ0v) is 13.6. The Morgan fingerprint density at radius 3 is 2.82 bits per heavy atom. The number of halogens is 1. The Morgan fingerprint density at radius 1 is 1.32 bits per heavy atom. The van der Waals surface area contributed by atoms with E-state index < -0.39 is 6.10 Å². The van der Waals surface area contributed by atoms with Gasteiger partial charge in [-0.2, -0.15) is 0 Å². The average molecular weight is 327 g/mol. The van der Waals surface area contributed by atoms with E-state index in [1.807, 2.05) is 6.07 Å². The van der Waals surface area contributed by atoms with Crippen LogP contribution >= 0.6 is 11.6 Å². The molecular weight excluding hydrogens is 304 g/mol. The van der Waals surface area contributed by atoms with E-state index in [1.54, 1.807) is 6.07 Å². The molecule has 1 fully saturated rings. The lowest BCUT2D eigenvalue weighted by molar-refractivity contribution is 0.153. The van der Waals surface area contributed by atoms with E-state index in [0.29, 0.717) is 42.3 Å². The predicted molar refractivity (Wildman–Crippen MR) is 85.9 cm³/mol. The molecule has 6 heteroatoms. The Morgan fingerprint density at radius 2 is 2.05 bits per heavy atom. The standard InChI is InChI=1S/C16H23ClN2O3/c1-19-4-2-12(3-5-19)18-10-14(20)11-8-13(17)16-15(9-11)21-6-7-22-16/h8-9,12,14,18,20H,2-7,10H2,1H3. The molecule has 0 aromatic heterocycles. The molecule has 122 valence electrons. The lowest BCUT2D eigenvalue weighted by atomic mass is 10.0. The van der Waals surface area contributed by atoms with Gasteiger partial charge < -0.3 is 24.8 Å². The van der Waals surface area contributed by atoms with Gasteiger partial charge in [-0.15, -0.1) is 0 Å². The number of hydrogen-bond donors (Lipinski definition) is 2. The normalized spacial score (nSPS) is 20.9. The molecule has 0 saturated carbocycles. The number of aliphatic hydroxyl groups is 1. The molecule has 0 radical (unpaired) electrons. The Labute approximate surface area is 136 Å². The Balaban J connectivity index is 1.60. The topological polar surface area (TPSA) is 54.0 Å². The molecule has 1 aromatic rings. The van der Waals surface area contributed by atoms with Crippen LogP contribution in [-0.4, -0.2) is 55.9 Å². The second-order valence-electron chi connectivity index (χ2n) is 6.03. The Bertz CT molecular complexity index is 518. The zero-order valence-electron chi connectivity index (χ0n) is 12.8. The van der Waals surface area contributed by atoms with Crippen LogP contribution in [0.1, 0.15) is 24.5 Å². The number of hydrogen-bond acceptors (Lipinski definition) is 5. The van der Waals surface area contributed by atoms with E-state index in [-0.39, 0.29) is 0 Å². The smallest absolute Gasteiger partial charge is 0.179 e. The van der Waals surface area contributed by atoms with Crippen molar-refractivity contribution in [3.63, 3.8) is 0 Å². The first-order valence-corrected chi connectivity index (χ1v) is 8.20. The molecule has 1 atom stereocenters. The van der Waals surface area contributed by atoms with Gasteiger partial charge in [-0.1, -0.05) is 11.6 Å². The lowest BCUT2D eigenvalue weighted by Crippen LogP contribution is -2.42. The number of nitrogens with one attached hydrogen (secondary N) is 1. The number of benzene rings is 1. The van der Waals surface area contributed by atoms with Crippen molar-refractivity contribution in [1.82, 2.24) is 10.2 Å². The van der Waals surface area contributed by atoms with Crippen LogP contribution in [0.2, 0.25) is 5.02 Å². The first-order chi connectivity index (χ1) is 10.6. The summed E-state index contributed by atoms with van der Waals surface area (Å²) in [5.41, 5.74) is 0.759. The minimum atomic E-state index is -0.604. The maximum atomic E-state index is 10.4. The molecule has 0 bridgehead atoms. The second-order valence-corrected chi connectivity index (χ2v) is 6.44. The maximum absolute atomic E-state index is 10.4. The number of aliphatic hydroxyl groups excluding tert-OH is 1. The summed E-state index contributed by atoms with van der Waals surface area (Å²) in [7, 11) is 2.14. The average Bonchev–Trinajstić information content (AvgIpc) is 2.54. The molecule has 0 aliphatic carbocycles. The Kier molecular flexibility index (Phi) is 5.08. The van der Waals surface area contributed by atoms with Crippen LogP contribution in [0.4, 0.5) is 0 Å². The van der Waals surface area contributed by atoms with Crippen LogP contribution in [0.25, 0.3) is 0 Å². The van der Waals surface area contributed by atoms with Crippen molar-refractivity contribution < 1.29 is 14.6 Å². The fourth-order valence-electron chi connectivity index (χ4n) is 2.93. The highest BCUT2D eigenvalue weighted by Crippen LogP contribution is 2.39. The van der Waals surface area contributed by atoms with Crippen LogP contribution in [0.15, 0.2) is 12.1 Å². The van der Waals surface area contributed by atoms with Gasteiger partial charge >= 0.3 is 0 Å². The number of likely N-dealkylation sites (tertiary alicyclic amines) is 1. The highest BCUT2D eigenvalue weighted by atomic mass is 35.5. The number of ether oxygens (including phenoxy) is 2. The van der Waals surface area contributed by atoms with Crippen LogP contribution in [-0.2, 0) is 0 Å². The van der Waals surface area contributed by atoms with Gasteiger partial charge in [0.2, 0.25) is 0 Å². The van der Waals surface area contributed by atoms with Gasteiger partial charge in [0.15, 0.2) is 11.5 Å². The largest absolute Gasteiger partial charge is 0.486 e. The summed E-state index contributed by atoms with van der Waals surface area (Å²) in [5, 5.41) is 14.3. The predicted octanol–water partition coefficient (Wildman–Crippen LogP) is 1.83. The van der Waals surface area contributed by atoms with Gasteiger partial charge in [-0.05, 0) is 50.7 Å². The van der Waals surface area contributed by atoms with E-state index >= 15 is 0 Å². The molecular formula is C16H23ClN2O3. The van der Waals surface area contributed by atoms with Crippen LogP contribution in [0.5, 0.6) is 11.5 Å². The SMILES string of the molecule is CN1CCC(NCC(O)c2cc(Cl)c3c(c2)OCCO3)CC1. The van der Waals surface area contributed by atoms with Gasteiger partial charge in [-0.3, -0.25) is 0 Å². The van der Waals surface area contributed by atoms with Crippen LogP contribution < -0.4 is 14.8 Å². The van der Waals surface area contributed by atoms with Crippen molar-refractivity contribution in [2.75, 3.05) is 39.9 Å². The summed E-state index contributed by atoms with van der Waals surface area (Å²) in [6.07, 6.45) is 1.63. The van der Waals surface area contributed by atoms with Crippen molar-refractivity contribution in [3.05, 3.63) is 22.7 Å². The number of nitrogens with zero attached hydrogens (tertiary/aromatic N) is 1. The third-order valence-corrected chi connectivity index (χ3v) is 4.60. The molecule has 2 aliphatic heterocycles. The van der Waals surface area contributed by atoms with Crippen LogP contribution in [0.3, 0.4) is 0 Å². The molecule has 3 rings (SSSR count). The number of rotatable bonds is 4. The van der Waals surface area contributed by atoms with Crippen LogP contribution in [0, 0.1) is 0 Å². The van der Waals surface area contributed by atoms with Gasteiger partial charge in [0.1, 0.15) is 13.2 Å². The van der Waals surface area contributed by atoms with E-state index in [9.17, 15) is 5.11 Å². The lowest BCUT2D eigenvalue weighted by Gasteiger charge is -2.30. The summed E-state index contributed by atoms with van der Waals surface area (Å²) < 4.78 is 11.1. The highest BCUT2D eigenvalue weighted by Gasteiger charge is 2.21. The monoisotopic (exact) mass is 326 g/mol. The van der Waals surface area contributed by atoms with Crippen molar-refractivity contribution in [2.45, 2.75) is 25.0 Å². The first kappa shape index (κ1) is 15.9. The molecule has 1 unspecified atom stereocenters. The van der Waals surface area contributed by atoms with E-state index in [0.717, 1.165) is 31.5 Å². The fourth-order valence-corrected chi connectivity index (χ4v) is 3.21. The fraction of sp³-hybridized carbons (Fsp3) is 0.625. The molecule has 1 aromatic carbocycles. The molecule has 22 heavy (non-hydrogen) atoms. The number of piperidine rings is 1. The molecule has 1 saturated heterocycles. The molecule has 0 spiro atoms. The second kappa shape index (κ2) is 7.04. The van der Waals surface area contributed by atoms with Crippen molar-refractivity contribution in [3.8, 4) is 11.5 Å². The quantitative estimate of drug-likeness (QED) is 0.884. The minimum absolute atomic E-state index is 0.471. The van der Waals surface area contributed by atoms with Crippen molar-refractivity contribution >= 4 is 11.6 Å². The van der Waals surface area contributed by atoms with E-state index in [4.69, 9.17) is 21.1 Å². The summed E-state index contributed by atoms with van der Waals surface area (Å²) >= 11 is 6.21. The molecule has 5 nitrogen and oxygen atoms in total. The van der Waals surface area contributed by atoms with Crippen molar-refractivity contribution in [2.24, 2.45) is 0 Å². The van der Waals surface area contributed by atoms with E-state index in [2.05, 4.69) is 17.3 Å². The van der Waals surface area contributed by atoms with Gasteiger partial charge in [0.25, 0.3) is 0 Å². The maximum Gasteiger partial charge on any atom is 0.179 e. The highest BCUT2D eigenvalue weighted by molar-refractivity contribution is 6.32. The third kappa shape index (κ3) is 3.66. The van der Waals surface area contributed by atoms with Gasteiger partial charge in [0, 0.05) is 12.6 Å². The molecule has 2 aliphatic rings. The summed E-state index contributed by atoms with van der Waals surface area (Å²) in [6, 6.07) is 4.05. The summed E-state index contributed by atoms with van der Waals surface area (Å²) in [4.78, 5) is 2.33. The summed E-state index contributed by atoms with van der Waals surface area (Å²) in [6.45, 7) is 3.74. The van der Waals surface area contributed by atoms with E-state index in [1.165, 1.54) is 0 Å². The number of fused-ring (bicyclic) bond motifs is 1. The zero-order chi connectivity index (χ0) is 15.5. The molecule has 2 heterocycles. The minimum Gasteiger partial charge on any atom is -0.486 e. The molecule has 2 N–H and O–H groups in total. The van der Waals surface area contributed by atoms with Gasteiger partial charge in [-0.25, -0.2) is 0 Å². The first-order valence-electron chi connectivity index (χ1n) is 7.82.